The molecule has 1 heterocycles. The number of pyridine rings is 1. The van der Waals surface area contributed by atoms with Crippen LogP contribution in [0.4, 0.5) is 10.1 Å². The number of benzene rings is 1. The Morgan fingerprint density at radius 2 is 2.05 bits per heavy atom. The molecule has 0 bridgehead atoms. The molecule has 2 aromatic rings. The van der Waals surface area contributed by atoms with Crippen LogP contribution >= 0.6 is 0 Å². The number of anilines is 1. The SMILES string of the molecule is Cc1ccc(NS(=O)(=O)c2ccc(F)c(CN)c2)cn1. The maximum absolute atomic E-state index is 13.3. The summed E-state index contributed by atoms with van der Waals surface area (Å²) in [6, 6.07) is 6.79. The minimum Gasteiger partial charge on any atom is -0.326 e. The highest BCUT2D eigenvalue weighted by Crippen LogP contribution is 2.18. The molecule has 0 saturated heterocycles. The molecule has 0 fully saturated rings. The van der Waals surface area contributed by atoms with Gasteiger partial charge in [0.1, 0.15) is 5.82 Å². The Labute approximate surface area is 116 Å². The quantitative estimate of drug-likeness (QED) is 0.900. The van der Waals surface area contributed by atoms with Crippen LogP contribution in [-0.2, 0) is 16.6 Å². The third-order valence-electron chi connectivity index (χ3n) is 2.71. The van der Waals surface area contributed by atoms with E-state index < -0.39 is 15.8 Å². The fraction of sp³-hybridized carbons (Fsp3) is 0.154. The van der Waals surface area contributed by atoms with E-state index in [1.54, 1.807) is 19.1 Å². The third kappa shape index (κ3) is 3.12. The third-order valence-corrected chi connectivity index (χ3v) is 4.09. The van der Waals surface area contributed by atoms with Gasteiger partial charge in [0, 0.05) is 17.8 Å². The van der Waals surface area contributed by atoms with Crippen LogP contribution in [0.1, 0.15) is 11.3 Å². The predicted molar refractivity (Wildman–Crippen MR) is 74.1 cm³/mol. The molecule has 5 nitrogen and oxygen atoms in total. The standard InChI is InChI=1S/C13H14FN3O2S/c1-9-2-3-11(8-16-9)17-20(18,19)12-4-5-13(14)10(6-12)7-15/h2-6,8,17H,7,15H2,1H3. The van der Waals surface area contributed by atoms with E-state index in [0.717, 1.165) is 11.8 Å². The first-order valence-electron chi connectivity index (χ1n) is 5.86. The molecule has 7 heteroatoms. The van der Waals surface area contributed by atoms with Gasteiger partial charge in [0.15, 0.2) is 0 Å². The molecule has 0 spiro atoms. The van der Waals surface area contributed by atoms with Crippen LogP contribution < -0.4 is 10.5 Å². The second kappa shape index (κ2) is 5.56. The number of halogens is 1. The lowest BCUT2D eigenvalue weighted by atomic mass is 10.2. The second-order valence-electron chi connectivity index (χ2n) is 4.25. The van der Waals surface area contributed by atoms with Crippen LogP contribution in [0.3, 0.4) is 0 Å². The fourth-order valence-electron chi connectivity index (χ4n) is 1.62. The van der Waals surface area contributed by atoms with Gasteiger partial charge in [-0.3, -0.25) is 9.71 Å². The lowest BCUT2D eigenvalue weighted by molar-refractivity contribution is 0.596. The summed E-state index contributed by atoms with van der Waals surface area (Å²) in [6.07, 6.45) is 1.42. The zero-order valence-corrected chi connectivity index (χ0v) is 11.6. The lowest BCUT2D eigenvalue weighted by Crippen LogP contribution is -2.14. The second-order valence-corrected chi connectivity index (χ2v) is 5.93. The van der Waals surface area contributed by atoms with E-state index in [1.807, 2.05) is 0 Å². The lowest BCUT2D eigenvalue weighted by Gasteiger charge is -2.09. The van der Waals surface area contributed by atoms with Crippen LogP contribution in [0.2, 0.25) is 0 Å². The summed E-state index contributed by atoms with van der Waals surface area (Å²) in [6.45, 7) is 1.73. The minimum atomic E-state index is -3.79. The van der Waals surface area contributed by atoms with Crippen molar-refractivity contribution in [3.8, 4) is 0 Å². The summed E-state index contributed by atoms with van der Waals surface area (Å²) in [7, 11) is -3.79. The van der Waals surface area contributed by atoms with Gasteiger partial charge >= 0.3 is 0 Å². The monoisotopic (exact) mass is 295 g/mol. The Morgan fingerprint density at radius 1 is 1.30 bits per heavy atom. The number of hydrogen-bond acceptors (Lipinski definition) is 4. The van der Waals surface area contributed by atoms with Gasteiger partial charge in [0.2, 0.25) is 0 Å². The topological polar surface area (TPSA) is 85.1 Å². The highest BCUT2D eigenvalue weighted by molar-refractivity contribution is 7.92. The summed E-state index contributed by atoms with van der Waals surface area (Å²) in [5.41, 5.74) is 6.63. The Hall–Kier alpha value is -1.99. The molecule has 0 aliphatic rings. The Bertz CT molecular complexity index is 715. The highest BCUT2D eigenvalue weighted by atomic mass is 32.2. The number of rotatable bonds is 4. The van der Waals surface area contributed by atoms with Crippen molar-refractivity contribution in [2.75, 3.05) is 4.72 Å². The average molecular weight is 295 g/mol. The largest absolute Gasteiger partial charge is 0.326 e. The molecular weight excluding hydrogens is 281 g/mol. The molecular formula is C13H14FN3O2S. The van der Waals surface area contributed by atoms with Gasteiger partial charge < -0.3 is 5.73 Å². The molecule has 0 aliphatic carbocycles. The minimum absolute atomic E-state index is 0.0417. The Morgan fingerprint density at radius 3 is 2.65 bits per heavy atom. The van der Waals surface area contributed by atoms with Gasteiger partial charge in [-0.05, 0) is 37.3 Å². The summed E-state index contributed by atoms with van der Waals surface area (Å²) in [5.74, 6) is -0.525. The number of aryl methyl sites for hydroxylation is 1. The summed E-state index contributed by atoms with van der Waals surface area (Å²) >= 11 is 0. The fourth-order valence-corrected chi connectivity index (χ4v) is 2.71. The van der Waals surface area contributed by atoms with Gasteiger partial charge in [-0.15, -0.1) is 0 Å². The first-order chi connectivity index (χ1) is 9.42. The highest BCUT2D eigenvalue weighted by Gasteiger charge is 2.16. The zero-order valence-electron chi connectivity index (χ0n) is 10.8. The van der Waals surface area contributed by atoms with E-state index in [-0.39, 0.29) is 17.0 Å². The van der Waals surface area contributed by atoms with Crippen LogP contribution in [0.5, 0.6) is 0 Å². The molecule has 106 valence electrons. The van der Waals surface area contributed by atoms with Gasteiger partial charge in [0.05, 0.1) is 16.8 Å². The molecule has 0 aliphatic heterocycles. The number of hydrogen-bond donors (Lipinski definition) is 2. The van der Waals surface area contributed by atoms with Crippen molar-refractivity contribution in [2.24, 2.45) is 5.73 Å². The molecule has 2 rings (SSSR count). The molecule has 1 aromatic carbocycles. The predicted octanol–water partition coefficient (Wildman–Crippen LogP) is 1.79. The Balaban J connectivity index is 2.33. The summed E-state index contributed by atoms with van der Waals surface area (Å²) in [4.78, 5) is 3.96. The first kappa shape index (κ1) is 14.4. The van der Waals surface area contributed by atoms with E-state index in [4.69, 9.17) is 5.73 Å². The molecule has 0 saturated carbocycles. The van der Waals surface area contributed by atoms with Gasteiger partial charge in [-0.1, -0.05) is 0 Å². The first-order valence-corrected chi connectivity index (χ1v) is 7.34. The summed E-state index contributed by atoms with van der Waals surface area (Å²) in [5, 5.41) is 0. The van der Waals surface area contributed by atoms with Crippen LogP contribution in [-0.4, -0.2) is 13.4 Å². The van der Waals surface area contributed by atoms with Crippen LogP contribution in [0, 0.1) is 12.7 Å². The van der Waals surface area contributed by atoms with Gasteiger partial charge in [0.25, 0.3) is 10.0 Å². The molecule has 0 radical (unpaired) electrons. The number of nitrogens with zero attached hydrogens (tertiary/aromatic N) is 1. The average Bonchev–Trinajstić information content (AvgIpc) is 2.41. The van der Waals surface area contributed by atoms with Crippen molar-refractivity contribution in [3.05, 3.63) is 53.6 Å². The molecule has 3 N–H and O–H groups in total. The van der Waals surface area contributed by atoms with E-state index in [1.165, 1.54) is 18.3 Å². The molecule has 0 atom stereocenters. The smallest absolute Gasteiger partial charge is 0.261 e. The van der Waals surface area contributed by atoms with Crippen molar-refractivity contribution in [1.29, 1.82) is 0 Å². The van der Waals surface area contributed by atoms with Crippen LogP contribution in [0.25, 0.3) is 0 Å². The Kier molecular flexibility index (Phi) is 4.01. The molecule has 0 unspecified atom stereocenters. The molecule has 1 aromatic heterocycles. The van der Waals surface area contributed by atoms with Crippen molar-refractivity contribution < 1.29 is 12.8 Å². The maximum Gasteiger partial charge on any atom is 0.261 e. The van der Waals surface area contributed by atoms with Crippen molar-refractivity contribution in [3.63, 3.8) is 0 Å². The number of nitrogens with two attached hydrogens (primary N) is 1. The maximum atomic E-state index is 13.3. The number of aromatic nitrogens is 1. The number of sulfonamides is 1. The van der Waals surface area contributed by atoms with E-state index in [0.29, 0.717) is 5.69 Å². The number of nitrogens with one attached hydrogen (secondary N) is 1. The van der Waals surface area contributed by atoms with E-state index >= 15 is 0 Å². The molecule has 20 heavy (non-hydrogen) atoms. The van der Waals surface area contributed by atoms with Crippen molar-refractivity contribution in [1.82, 2.24) is 4.98 Å². The summed E-state index contributed by atoms with van der Waals surface area (Å²) < 4.78 is 40.0. The van der Waals surface area contributed by atoms with Gasteiger partial charge in [-0.25, -0.2) is 12.8 Å². The molecule has 0 amide bonds. The van der Waals surface area contributed by atoms with Crippen molar-refractivity contribution >= 4 is 15.7 Å². The van der Waals surface area contributed by atoms with E-state index in [9.17, 15) is 12.8 Å². The van der Waals surface area contributed by atoms with E-state index in [2.05, 4.69) is 9.71 Å². The van der Waals surface area contributed by atoms with Crippen molar-refractivity contribution in [2.45, 2.75) is 18.4 Å². The normalized spacial score (nSPS) is 11.3. The van der Waals surface area contributed by atoms with Crippen LogP contribution in [0.15, 0.2) is 41.4 Å². The van der Waals surface area contributed by atoms with Gasteiger partial charge in [-0.2, -0.15) is 0 Å². The zero-order chi connectivity index (χ0) is 14.8.